The predicted octanol–water partition coefficient (Wildman–Crippen LogP) is 2.35. The molecule has 0 saturated carbocycles. The van der Waals surface area contributed by atoms with Gasteiger partial charge in [0, 0.05) is 5.69 Å². The maximum Gasteiger partial charge on any atom is 0.162 e. The second-order valence-corrected chi connectivity index (χ2v) is 3.83. The number of benzene rings is 1. The highest BCUT2D eigenvalue weighted by atomic mass is 19.1. The molecule has 74 valence electrons. The van der Waals surface area contributed by atoms with E-state index in [-0.39, 0.29) is 0 Å². The average Bonchev–Trinajstić information content (AvgIpc) is 2.45. The van der Waals surface area contributed by atoms with Crippen LogP contribution < -0.4 is 5.73 Å². The maximum atomic E-state index is 13.5. The first-order valence-corrected chi connectivity index (χ1v) is 4.41. The van der Waals surface area contributed by atoms with Crippen molar-refractivity contribution in [3.8, 4) is 0 Å². The highest BCUT2D eigenvalue weighted by Gasteiger charge is 2.22. The van der Waals surface area contributed by atoms with E-state index in [2.05, 4.69) is 9.97 Å². The van der Waals surface area contributed by atoms with Crippen molar-refractivity contribution in [1.29, 1.82) is 0 Å². The molecule has 0 aliphatic heterocycles. The fourth-order valence-electron chi connectivity index (χ4n) is 1.31. The summed E-state index contributed by atoms with van der Waals surface area (Å²) in [5, 5.41) is 0. The molecule has 0 radical (unpaired) electrons. The van der Waals surface area contributed by atoms with Gasteiger partial charge < -0.3 is 10.7 Å². The fraction of sp³-hybridized carbons (Fsp3) is 0.300. The van der Waals surface area contributed by atoms with E-state index >= 15 is 0 Å². The smallest absolute Gasteiger partial charge is 0.162 e. The molecule has 0 bridgehead atoms. The van der Waals surface area contributed by atoms with Gasteiger partial charge in [-0.15, -0.1) is 0 Å². The van der Waals surface area contributed by atoms with Crippen LogP contribution in [0.2, 0.25) is 0 Å². The number of anilines is 1. The Balaban J connectivity index is 2.63. The van der Waals surface area contributed by atoms with Gasteiger partial charge in [-0.2, -0.15) is 0 Å². The van der Waals surface area contributed by atoms with E-state index < -0.39 is 5.67 Å². The molecule has 0 aliphatic carbocycles. The van der Waals surface area contributed by atoms with Crippen LogP contribution in [0.3, 0.4) is 0 Å². The zero-order valence-electron chi connectivity index (χ0n) is 8.13. The van der Waals surface area contributed by atoms with Gasteiger partial charge in [-0.1, -0.05) is 0 Å². The molecule has 2 rings (SSSR count). The van der Waals surface area contributed by atoms with Gasteiger partial charge >= 0.3 is 0 Å². The minimum atomic E-state index is -1.45. The molecule has 0 fully saturated rings. The van der Waals surface area contributed by atoms with Crippen LogP contribution in [0, 0.1) is 0 Å². The first kappa shape index (κ1) is 8.99. The van der Waals surface area contributed by atoms with Crippen LogP contribution in [-0.2, 0) is 5.67 Å². The van der Waals surface area contributed by atoms with Gasteiger partial charge in [-0.3, -0.25) is 0 Å². The van der Waals surface area contributed by atoms with E-state index in [9.17, 15) is 4.39 Å². The van der Waals surface area contributed by atoms with Crippen molar-refractivity contribution in [3.05, 3.63) is 24.0 Å². The summed E-state index contributed by atoms with van der Waals surface area (Å²) in [4.78, 5) is 7.05. The lowest BCUT2D eigenvalue weighted by atomic mass is 10.2. The number of nitrogens with zero attached hydrogens (tertiary/aromatic N) is 1. The standard InChI is InChI=1S/C10H12FN3/c1-10(2,11)9-13-7-4-3-6(12)5-8(7)14-9/h3-5H,12H2,1-2H3,(H,13,14). The summed E-state index contributed by atoms with van der Waals surface area (Å²) in [6, 6.07) is 5.27. The molecule has 4 heteroatoms. The SMILES string of the molecule is CC(C)(F)c1nc2ccc(N)cc2[nH]1. The number of nitrogen functional groups attached to an aromatic ring is 1. The van der Waals surface area contributed by atoms with Gasteiger partial charge in [0.1, 0.15) is 5.82 Å². The molecule has 1 aromatic heterocycles. The van der Waals surface area contributed by atoms with Crippen LogP contribution in [0.1, 0.15) is 19.7 Å². The minimum Gasteiger partial charge on any atom is -0.399 e. The zero-order valence-corrected chi connectivity index (χ0v) is 8.13. The summed E-state index contributed by atoms with van der Waals surface area (Å²) in [7, 11) is 0. The van der Waals surface area contributed by atoms with Gasteiger partial charge in [0.05, 0.1) is 11.0 Å². The second-order valence-electron chi connectivity index (χ2n) is 3.83. The van der Waals surface area contributed by atoms with Crippen LogP contribution in [0.4, 0.5) is 10.1 Å². The molecular weight excluding hydrogens is 181 g/mol. The number of fused-ring (bicyclic) bond motifs is 1. The lowest BCUT2D eigenvalue weighted by Gasteiger charge is -2.08. The average molecular weight is 193 g/mol. The molecule has 0 spiro atoms. The highest BCUT2D eigenvalue weighted by molar-refractivity contribution is 5.78. The largest absolute Gasteiger partial charge is 0.399 e. The summed E-state index contributed by atoms with van der Waals surface area (Å²) in [5.74, 6) is 0.332. The molecule has 0 amide bonds. The number of hydrogen-bond acceptors (Lipinski definition) is 2. The first-order chi connectivity index (χ1) is 6.47. The van der Waals surface area contributed by atoms with Crippen LogP contribution >= 0.6 is 0 Å². The summed E-state index contributed by atoms with van der Waals surface area (Å²) in [6.45, 7) is 2.93. The maximum absolute atomic E-state index is 13.5. The quantitative estimate of drug-likeness (QED) is 0.683. The third-order valence-electron chi connectivity index (χ3n) is 2.07. The molecule has 0 atom stereocenters. The van der Waals surface area contributed by atoms with Gasteiger partial charge in [-0.25, -0.2) is 9.37 Å². The Morgan fingerprint density at radius 1 is 1.43 bits per heavy atom. The number of aromatic nitrogens is 2. The predicted molar refractivity (Wildman–Crippen MR) is 54.6 cm³/mol. The zero-order chi connectivity index (χ0) is 10.3. The molecule has 3 nitrogen and oxygen atoms in total. The van der Waals surface area contributed by atoms with Gasteiger partial charge in [0.2, 0.25) is 0 Å². The monoisotopic (exact) mass is 193 g/mol. The van der Waals surface area contributed by atoms with Crippen molar-refractivity contribution >= 4 is 16.7 Å². The molecular formula is C10H12FN3. The normalized spacial score (nSPS) is 12.2. The summed E-state index contributed by atoms with van der Waals surface area (Å²) in [5.41, 5.74) is 6.30. The molecule has 14 heavy (non-hydrogen) atoms. The highest BCUT2D eigenvalue weighted by Crippen LogP contribution is 2.24. The lowest BCUT2D eigenvalue weighted by Crippen LogP contribution is -2.10. The Bertz CT molecular complexity index is 468. The van der Waals surface area contributed by atoms with Gasteiger partial charge in [0.25, 0.3) is 0 Å². The van der Waals surface area contributed by atoms with Crippen LogP contribution in [0.25, 0.3) is 11.0 Å². The minimum absolute atomic E-state index is 0.332. The number of nitrogens with one attached hydrogen (secondary N) is 1. The van der Waals surface area contributed by atoms with Crippen LogP contribution in [0.15, 0.2) is 18.2 Å². The van der Waals surface area contributed by atoms with Crippen molar-refractivity contribution in [2.24, 2.45) is 0 Å². The first-order valence-electron chi connectivity index (χ1n) is 4.41. The van der Waals surface area contributed by atoms with E-state index in [4.69, 9.17) is 5.73 Å². The van der Waals surface area contributed by atoms with Crippen LogP contribution in [-0.4, -0.2) is 9.97 Å². The Morgan fingerprint density at radius 3 is 2.79 bits per heavy atom. The summed E-state index contributed by atoms with van der Waals surface area (Å²) >= 11 is 0. The van der Waals surface area contributed by atoms with Crippen molar-refractivity contribution in [3.63, 3.8) is 0 Å². The fourth-order valence-corrected chi connectivity index (χ4v) is 1.31. The van der Waals surface area contributed by atoms with E-state index in [1.54, 1.807) is 18.2 Å². The Morgan fingerprint density at radius 2 is 2.14 bits per heavy atom. The number of halogens is 1. The van der Waals surface area contributed by atoms with Crippen LogP contribution in [0.5, 0.6) is 0 Å². The molecule has 0 unspecified atom stereocenters. The Kier molecular flexibility index (Phi) is 1.74. The van der Waals surface area contributed by atoms with Crippen molar-refractivity contribution in [2.75, 3.05) is 5.73 Å². The molecule has 1 heterocycles. The van der Waals surface area contributed by atoms with E-state index in [0.29, 0.717) is 11.5 Å². The summed E-state index contributed by atoms with van der Waals surface area (Å²) < 4.78 is 13.5. The molecule has 2 aromatic rings. The number of imidazole rings is 1. The Labute approximate surface area is 81.1 Å². The molecule has 1 aromatic carbocycles. The van der Waals surface area contributed by atoms with Crippen molar-refractivity contribution < 1.29 is 4.39 Å². The van der Waals surface area contributed by atoms with Gasteiger partial charge in [0.15, 0.2) is 5.67 Å². The van der Waals surface area contributed by atoms with Gasteiger partial charge in [-0.05, 0) is 32.0 Å². The molecule has 0 saturated heterocycles. The number of nitrogens with two attached hydrogens (primary N) is 1. The van der Waals surface area contributed by atoms with E-state index in [0.717, 1.165) is 11.0 Å². The number of hydrogen-bond donors (Lipinski definition) is 2. The number of aromatic amines is 1. The van der Waals surface area contributed by atoms with E-state index in [1.165, 1.54) is 13.8 Å². The topological polar surface area (TPSA) is 54.7 Å². The molecule has 0 aliphatic rings. The van der Waals surface area contributed by atoms with Crippen molar-refractivity contribution in [2.45, 2.75) is 19.5 Å². The lowest BCUT2D eigenvalue weighted by molar-refractivity contribution is 0.208. The molecule has 3 N–H and O–H groups in total. The Hall–Kier alpha value is -1.58. The number of alkyl halides is 1. The van der Waals surface area contributed by atoms with E-state index in [1.807, 2.05) is 0 Å². The summed E-state index contributed by atoms with van der Waals surface area (Å²) in [6.07, 6.45) is 0. The number of H-pyrrole nitrogens is 1. The third kappa shape index (κ3) is 1.43. The third-order valence-corrected chi connectivity index (χ3v) is 2.07. The second kappa shape index (κ2) is 2.70. The van der Waals surface area contributed by atoms with Crippen molar-refractivity contribution in [1.82, 2.24) is 9.97 Å². The number of rotatable bonds is 1.